The number of halogens is 1. The molecular weight excluding hydrogens is 434 g/mol. The fraction of sp³-hybridized carbons (Fsp3) is 0.478. The first-order valence-corrected chi connectivity index (χ1v) is 10.6. The van der Waals surface area contributed by atoms with Crippen LogP contribution in [0.4, 0.5) is 0 Å². The monoisotopic (exact) mass is 465 g/mol. The molecule has 0 amide bonds. The van der Waals surface area contributed by atoms with Crippen molar-refractivity contribution in [1.29, 1.82) is 0 Å². The second-order valence-corrected chi connectivity index (χ2v) is 8.19. The Morgan fingerprint density at radius 1 is 1.19 bits per heavy atom. The molecular formula is C23H32ClN3O5. The van der Waals surface area contributed by atoms with E-state index in [2.05, 4.69) is 13.8 Å². The summed E-state index contributed by atoms with van der Waals surface area (Å²) in [5.41, 5.74) is 7.26. The summed E-state index contributed by atoms with van der Waals surface area (Å²) in [6, 6.07) is 5.22. The first kappa shape index (κ1) is 25.5. The highest BCUT2D eigenvalue weighted by atomic mass is 35.5. The van der Waals surface area contributed by atoms with Gasteiger partial charge in [0.1, 0.15) is 5.56 Å². The molecule has 3 rings (SSSR count). The molecule has 32 heavy (non-hydrogen) atoms. The topological polar surface area (TPSA) is 107 Å². The number of carbonyl (C=O) groups is 1. The lowest BCUT2D eigenvalue weighted by Crippen LogP contribution is -2.41. The number of fused-ring (bicyclic) bond motifs is 3. The molecule has 0 spiro atoms. The number of ether oxygens (including phenoxy) is 2. The van der Waals surface area contributed by atoms with Gasteiger partial charge in [0, 0.05) is 24.4 Å². The second-order valence-electron chi connectivity index (χ2n) is 8.19. The molecule has 0 saturated heterocycles. The number of aromatic carboxylic acids is 1. The van der Waals surface area contributed by atoms with E-state index in [0.29, 0.717) is 49.4 Å². The molecule has 0 aliphatic carbocycles. The normalized spacial score (nSPS) is 12.1. The van der Waals surface area contributed by atoms with Gasteiger partial charge >= 0.3 is 5.97 Å². The van der Waals surface area contributed by atoms with Crippen LogP contribution in [0.1, 0.15) is 49.0 Å². The average Bonchev–Trinajstić information content (AvgIpc) is 2.72. The molecule has 2 heterocycles. The fourth-order valence-corrected chi connectivity index (χ4v) is 3.82. The Morgan fingerprint density at radius 2 is 1.94 bits per heavy atom. The number of nitrogens with zero attached hydrogens (tertiary/aromatic N) is 2. The van der Waals surface area contributed by atoms with Crippen molar-refractivity contribution < 1.29 is 19.4 Å². The molecule has 0 atom stereocenters. The van der Waals surface area contributed by atoms with E-state index < -0.39 is 11.4 Å². The summed E-state index contributed by atoms with van der Waals surface area (Å²) in [6.07, 6.45) is 4.31. The summed E-state index contributed by atoms with van der Waals surface area (Å²) < 4.78 is 13.3. The number of hydrogen-bond donors (Lipinski definition) is 2. The van der Waals surface area contributed by atoms with Crippen molar-refractivity contribution in [1.82, 2.24) is 4.68 Å². The molecule has 176 valence electrons. The van der Waals surface area contributed by atoms with E-state index in [4.69, 9.17) is 15.2 Å². The number of hydrogen-bond acceptors (Lipinski definition) is 6. The summed E-state index contributed by atoms with van der Waals surface area (Å²) in [7, 11) is 1.58. The van der Waals surface area contributed by atoms with Crippen LogP contribution in [0.5, 0.6) is 11.5 Å². The van der Waals surface area contributed by atoms with Crippen LogP contribution in [0, 0.1) is 5.92 Å². The van der Waals surface area contributed by atoms with Crippen LogP contribution in [0.3, 0.4) is 0 Å². The summed E-state index contributed by atoms with van der Waals surface area (Å²) in [4.78, 5) is 24.0. The Hall–Kier alpha value is -2.71. The zero-order valence-electron chi connectivity index (χ0n) is 18.8. The Bertz CT molecular complexity index is 1010. The van der Waals surface area contributed by atoms with Gasteiger partial charge in [0.15, 0.2) is 16.9 Å². The average molecular weight is 466 g/mol. The zero-order valence-corrected chi connectivity index (χ0v) is 19.6. The van der Waals surface area contributed by atoms with Crippen LogP contribution in [-0.4, -0.2) is 42.6 Å². The van der Waals surface area contributed by atoms with Crippen LogP contribution in [0.15, 0.2) is 29.2 Å². The van der Waals surface area contributed by atoms with Crippen molar-refractivity contribution in [2.75, 3.05) is 31.8 Å². The van der Waals surface area contributed by atoms with Gasteiger partial charge in [0.05, 0.1) is 26.0 Å². The minimum Gasteiger partial charge on any atom is -0.493 e. The Balaban J connectivity index is 0.00000363. The summed E-state index contributed by atoms with van der Waals surface area (Å²) in [5, 5.41) is 11.5. The minimum absolute atomic E-state index is 0. The third kappa shape index (κ3) is 5.55. The molecule has 1 aromatic carbocycles. The van der Waals surface area contributed by atoms with E-state index in [1.165, 1.54) is 12.3 Å². The van der Waals surface area contributed by atoms with Crippen molar-refractivity contribution in [2.45, 2.75) is 39.7 Å². The van der Waals surface area contributed by atoms with Gasteiger partial charge in [-0.3, -0.25) is 9.47 Å². The van der Waals surface area contributed by atoms with Gasteiger partial charge in [-0.2, -0.15) is 0 Å². The smallest absolute Gasteiger partial charge is 0.341 e. The van der Waals surface area contributed by atoms with E-state index in [-0.39, 0.29) is 18.0 Å². The van der Waals surface area contributed by atoms with E-state index in [1.54, 1.807) is 11.8 Å². The standard InChI is InChI=1S/C23H31N3O5.ClH/c1-15(2)12-25-13-16-9-22(31-8-6-4-5-7-24)21(30-3)10-17(16)19-11-20(27)18(23(28)29)14-26(19)25;/h9-11,14-15H,4-8,12-13,24H2,1-3H3,(H,28,29);1H. The maximum Gasteiger partial charge on any atom is 0.341 e. The summed E-state index contributed by atoms with van der Waals surface area (Å²) in [6.45, 7) is 6.71. The van der Waals surface area contributed by atoms with Crippen LogP contribution in [0.2, 0.25) is 0 Å². The Morgan fingerprint density at radius 3 is 2.56 bits per heavy atom. The van der Waals surface area contributed by atoms with Crippen LogP contribution >= 0.6 is 12.4 Å². The van der Waals surface area contributed by atoms with Gasteiger partial charge in [-0.05, 0) is 49.4 Å². The fourth-order valence-electron chi connectivity index (χ4n) is 3.82. The first-order valence-electron chi connectivity index (χ1n) is 10.6. The molecule has 0 fully saturated rings. The van der Waals surface area contributed by atoms with Gasteiger partial charge in [0.25, 0.3) is 0 Å². The van der Waals surface area contributed by atoms with Gasteiger partial charge in [-0.1, -0.05) is 13.8 Å². The molecule has 0 unspecified atom stereocenters. The predicted octanol–water partition coefficient (Wildman–Crippen LogP) is 3.26. The van der Waals surface area contributed by atoms with E-state index in [9.17, 15) is 14.7 Å². The lowest BCUT2D eigenvalue weighted by Gasteiger charge is -2.36. The summed E-state index contributed by atoms with van der Waals surface area (Å²) in [5.74, 6) is 0.359. The van der Waals surface area contributed by atoms with Crippen molar-refractivity contribution in [2.24, 2.45) is 11.7 Å². The number of nitrogens with two attached hydrogens (primary N) is 1. The SMILES string of the molecule is COc1cc2c(cc1OCCCCCN)CN(CC(C)C)n1cc(C(=O)O)c(=O)cc1-2.Cl. The van der Waals surface area contributed by atoms with Crippen LogP contribution < -0.4 is 25.6 Å². The Kier molecular flexibility index (Phi) is 8.98. The molecule has 0 radical (unpaired) electrons. The number of aromatic nitrogens is 1. The molecule has 1 aliphatic heterocycles. The molecule has 9 heteroatoms. The number of unbranched alkanes of at least 4 members (excludes halogenated alkanes) is 2. The summed E-state index contributed by atoms with van der Waals surface area (Å²) >= 11 is 0. The largest absolute Gasteiger partial charge is 0.493 e. The van der Waals surface area contributed by atoms with Gasteiger partial charge in [-0.15, -0.1) is 12.4 Å². The molecule has 0 bridgehead atoms. The third-order valence-corrected chi connectivity index (χ3v) is 5.27. The lowest BCUT2D eigenvalue weighted by atomic mass is 9.99. The second kappa shape index (κ2) is 11.2. The van der Waals surface area contributed by atoms with Gasteiger partial charge in [-0.25, -0.2) is 4.79 Å². The van der Waals surface area contributed by atoms with E-state index in [0.717, 1.165) is 30.4 Å². The maximum absolute atomic E-state index is 12.4. The number of carboxylic acid groups (broad SMARTS) is 1. The first-order chi connectivity index (χ1) is 14.8. The van der Waals surface area contributed by atoms with Gasteiger partial charge in [0.2, 0.25) is 0 Å². The quantitative estimate of drug-likeness (QED) is 0.518. The Labute approximate surface area is 194 Å². The third-order valence-electron chi connectivity index (χ3n) is 5.27. The number of rotatable bonds is 10. The van der Waals surface area contributed by atoms with E-state index >= 15 is 0 Å². The minimum atomic E-state index is -1.23. The number of pyridine rings is 1. The van der Waals surface area contributed by atoms with Gasteiger partial charge < -0.3 is 25.3 Å². The highest BCUT2D eigenvalue weighted by molar-refractivity contribution is 5.88. The highest BCUT2D eigenvalue weighted by Gasteiger charge is 2.26. The van der Waals surface area contributed by atoms with Crippen molar-refractivity contribution in [3.8, 4) is 22.8 Å². The molecule has 1 aromatic heterocycles. The molecule has 2 aromatic rings. The molecule has 3 N–H and O–H groups in total. The molecule has 1 aliphatic rings. The van der Waals surface area contributed by atoms with Crippen molar-refractivity contribution in [3.05, 3.63) is 45.7 Å². The van der Waals surface area contributed by atoms with Crippen LogP contribution in [-0.2, 0) is 6.54 Å². The van der Waals surface area contributed by atoms with Crippen LogP contribution in [0.25, 0.3) is 11.3 Å². The zero-order chi connectivity index (χ0) is 22.5. The molecule has 0 saturated carbocycles. The highest BCUT2D eigenvalue weighted by Crippen LogP contribution is 2.38. The van der Waals surface area contributed by atoms with Crippen molar-refractivity contribution >= 4 is 18.4 Å². The molecule has 8 nitrogen and oxygen atoms in total. The number of benzene rings is 1. The number of methoxy groups -OCH3 is 1. The maximum atomic E-state index is 12.4. The number of carboxylic acids is 1. The van der Waals surface area contributed by atoms with Crippen molar-refractivity contribution in [3.63, 3.8) is 0 Å². The lowest BCUT2D eigenvalue weighted by molar-refractivity contribution is 0.0694. The van der Waals surface area contributed by atoms with E-state index in [1.807, 2.05) is 17.1 Å². The predicted molar refractivity (Wildman–Crippen MR) is 127 cm³/mol.